The molecule has 0 aliphatic heterocycles. The molecule has 0 bridgehead atoms. The lowest BCUT2D eigenvalue weighted by Gasteiger charge is -2.15. The summed E-state index contributed by atoms with van der Waals surface area (Å²) < 4.78 is 0. The number of hydrogen-bond donors (Lipinski definition) is 1. The third-order valence-electron chi connectivity index (χ3n) is 3.58. The molecule has 0 aliphatic rings. The molecule has 118 valence electrons. The van der Waals surface area contributed by atoms with Crippen molar-refractivity contribution in [2.75, 3.05) is 5.73 Å². The van der Waals surface area contributed by atoms with Crippen molar-refractivity contribution in [1.82, 2.24) is 4.98 Å². The van der Waals surface area contributed by atoms with Crippen LogP contribution in [-0.4, -0.2) is 9.91 Å². The molecular formula is C16H15ClN4O2. The summed E-state index contributed by atoms with van der Waals surface area (Å²) in [5.41, 5.74) is 8.62. The molecule has 0 saturated heterocycles. The fraction of sp³-hybridized carbons (Fsp3) is 0.250. The number of nitriles is 1. The molecule has 6 nitrogen and oxygen atoms in total. The molecule has 0 atom stereocenters. The van der Waals surface area contributed by atoms with Gasteiger partial charge < -0.3 is 5.73 Å². The molecule has 1 aromatic carbocycles. The molecular weight excluding hydrogens is 316 g/mol. The lowest BCUT2D eigenvalue weighted by atomic mass is 9.91. The molecule has 2 rings (SSSR count). The number of rotatable bonds is 4. The number of aromatic nitrogens is 1. The van der Waals surface area contributed by atoms with E-state index in [1.54, 1.807) is 6.07 Å². The molecule has 0 radical (unpaired) electrons. The number of aryl methyl sites for hydroxylation is 1. The van der Waals surface area contributed by atoms with E-state index in [4.69, 9.17) is 17.3 Å². The summed E-state index contributed by atoms with van der Waals surface area (Å²) in [6, 6.07) is 6.55. The largest absolute Gasteiger partial charge is 0.383 e. The monoisotopic (exact) mass is 330 g/mol. The summed E-state index contributed by atoms with van der Waals surface area (Å²) in [6.07, 6.45) is 1.54. The van der Waals surface area contributed by atoms with Crippen molar-refractivity contribution in [2.45, 2.75) is 26.7 Å². The molecule has 1 heterocycles. The van der Waals surface area contributed by atoms with Crippen LogP contribution in [0.15, 0.2) is 18.2 Å². The highest BCUT2D eigenvalue weighted by atomic mass is 35.5. The minimum absolute atomic E-state index is 0.0491. The van der Waals surface area contributed by atoms with Crippen LogP contribution in [-0.2, 0) is 6.42 Å². The number of nitrogens with two attached hydrogens (primary N) is 1. The van der Waals surface area contributed by atoms with E-state index in [9.17, 15) is 15.4 Å². The average Bonchev–Trinajstić information content (AvgIpc) is 2.50. The van der Waals surface area contributed by atoms with Gasteiger partial charge in [-0.1, -0.05) is 31.0 Å². The number of nitrogen functional groups attached to an aromatic ring is 1. The highest BCUT2D eigenvalue weighted by Gasteiger charge is 2.21. The van der Waals surface area contributed by atoms with Crippen LogP contribution in [0.4, 0.5) is 11.5 Å². The number of nitro benzene ring substituents is 1. The first-order valence-corrected chi connectivity index (χ1v) is 7.41. The molecule has 1 aromatic heterocycles. The lowest BCUT2D eigenvalue weighted by molar-refractivity contribution is -0.384. The topological polar surface area (TPSA) is 106 Å². The Kier molecular flexibility index (Phi) is 4.82. The normalized spacial score (nSPS) is 10.3. The van der Waals surface area contributed by atoms with E-state index in [0.717, 1.165) is 17.7 Å². The van der Waals surface area contributed by atoms with Crippen LogP contribution in [0.2, 0.25) is 5.02 Å². The Morgan fingerprint density at radius 3 is 2.74 bits per heavy atom. The Bertz CT molecular complexity index is 828. The van der Waals surface area contributed by atoms with Gasteiger partial charge in [-0.15, -0.1) is 0 Å². The first-order valence-electron chi connectivity index (χ1n) is 7.04. The first-order chi connectivity index (χ1) is 10.9. The minimum Gasteiger partial charge on any atom is -0.383 e. The Labute approximate surface area is 138 Å². The first kappa shape index (κ1) is 16.7. The van der Waals surface area contributed by atoms with Crippen LogP contribution in [0, 0.1) is 28.4 Å². The highest BCUT2D eigenvalue weighted by molar-refractivity contribution is 6.32. The van der Waals surface area contributed by atoms with E-state index in [1.807, 2.05) is 13.8 Å². The van der Waals surface area contributed by atoms with Gasteiger partial charge in [0.05, 0.1) is 4.92 Å². The SMILES string of the molecule is CCCc1c(C)nc(N)c(C#N)c1-c1ccc(Cl)c([N+](=O)[O-])c1. The number of nitrogens with zero attached hydrogens (tertiary/aromatic N) is 3. The Hall–Kier alpha value is -2.65. The van der Waals surface area contributed by atoms with Gasteiger partial charge in [0.1, 0.15) is 22.5 Å². The summed E-state index contributed by atoms with van der Waals surface area (Å²) in [6.45, 7) is 3.83. The van der Waals surface area contributed by atoms with E-state index in [-0.39, 0.29) is 22.1 Å². The number of benzene rings is 1. The molecule has 2 N–H and O–H groups in total. The summed E-state index contributed by atoms with van der Waals surface area (Å²) >= 11 is 5.87. The zero-order chi connectivity index (χ0) is 17.1. The number of pyridine rings is 1. The molecule has 0 spiro atoms. The van der Waals surface area contributed by atoms with Crippen molar-refractivity contribution in [3.05, 3.63) is 50.2 Å². The van der Waals surface area contributed by atoms with Crippen LogP contribution < -0.4 is 5.73 Å². The van der Waals surface area contributed by atoms with Crippen molar-refractivity contribution in [3.8, 4) is 17.2 Å². The highest BCUT2D eigenvalue weighted by Crippen LogP contribution is 2.36. The van der Waals surface area contributed by atoms with Gasteiger partial charge in [-0.3, -0.25) is 10.1 Å². The number of nitro groups is 1. The van der Waals surface area contributed by atoms with Gasteiger partial charge >= 0.3 is 0 Å². The summed E-state index contributed by atoms with van der Waals surface area (Å²) in [5.74, 6) is 0.123. The predicted molar refractivity (Wildman–Crippen MR) is 89.2 cm³/mol. The van der Waals surface area contributed by atoms with Crippen molar-refractivity contribution < 1.29 is 4.92 Å². The standard InChI is InChI=1S/C16H15ClN4O2/c1-3-4-11-9(2)20-16(19)12(8-18)15(11)10-5-6-13(17)14(7-10)21(22)23/h5-7H,3-4H2,1-2H3,(H2,19,20). The van der Waals surface area contributed by atoms with Crippen molar-refractivity contribution in [1.29, 1.82) is 5.26 Å². The third-order valence-corrected chi connectivity index (χ3v) is 3.90. The van der Waals surface area contributed by atoms with E-state index < -0.39 is 4.92 Å². The second-order valence-electron chi connectivity index (χ2n) is 5.10. The van der Waals surface area contributed by atoms with Crippen LogP contribution in [0.5, 0.6) is 0 Å². The molecule has 7 heteroatoms. The quantitative estimate of drug-likeness (QED) is 0.673. The van der Waals surface area contributed by atoms with Gasteiger partial charge in [0.15, 0.2) is 0 Å². The van der Waals surface area contributed by atoms with E-state index >= 15 is 0 Å². The van der Waals surface area contributed by atoms with E-state index in [1.165, 1.54) is 12.1 Å². The molecule has 0 amide bonds. The third kappa shape index (κ3) is 3.10. The Morgan fingerprint density at radius 1 is 1.48 bits per heavy atom. The maximum absolute atomic E-state index is 11.1. The summed E-state index contributed by atoms with van der Waals surface area (Å²) in [7, 11) is 0. The minimum atomic E-state index is -0.547. The van der Waals surface area contributed by atoms with E-state index in [0.29, 0.717) is 17.5 Å². The molecule has 23 heavy (non-hydrogen) atoms. The van der Waals surface area contributed by atoms with Gasteiger partial charge in [-0.25, -0.2) is 4.98 Å². The van der Waals surface area contributed by atoms with Gasteiger partial charge in [-0.05, 0) is 30.5 Å². The Balaban J connectivity index is 2.84. The van der Waals surface area contributed by atoms with Gasteiger partial charge in [0.25, 0.3) is 5.69 Å². The maximum atomic E-state index is 11.1. The smallest absolute Gasteiger partial charge is 0.288 e. The molecule has 0 fully saturated rings. The second-order valence-corrected chi connectivity index (χ2v) is 5.50. The second kappa shape index (κ2) is 6.63. The fourth-order valence-electron chi connectivity index (χ4n) is 2.56. The van der Waals surface area contributed by atoms with Crippen LogP contribution in [0.25, 0.3) is 11.1 Å². The Morgan fingerprint density at radius 2 is 2.17 bits per heavy atom. The maximum Gasteiger partial charge on any atom is 0.288 e. The van der Waals surface area contributed by atoms with Gasteiger partial charge in [0.2, 0.25) is 0 Å². The van der Waals surface area contributed by atoms with Crippen molar-refractivity contribution in [2.24, 2.45) is 0 Å². The molecule has 0 unspecified atom stereocenters. The lowest BCUT2D eigenvalue weighted by Crippen LogP contribution is -2.05. The summed E-state index contributed by atoms with van der Waals surface area (Å²) in [5, 5.41) is 20.6. The number of anilines is 1. The zero-order valence-corrected chi connectivity index (χ0v) is 13.5. The van der Waals surface area contributed by atoms with Crippen LogP contribution >= 0.6 is 11.6 Å². The van der Waals surface area contributed by atoms with Gasteiger partial charge in [0, 0.05) is 17.3 Å². The zero-order valence-electron chi connectivity index (χ0n) is 12.8. The van der Waals surface area contributed by atoms with Crippen LogP contribution in [0.1, 0.15) is 30.2 Å². The number of hydrogen-bond acceptors (Lipinski definition) is 5. The fourth-order valence-corrected chi connectivity index (χ4v) is 2.75. The molecule has 0 aliphatic carbocycles. The summed E-state index contributed by atoms with van der Waals surface area (Å²) in [4.78, 5) is 14.8. The van der Waals surface area contributed by atoms with Crippen LogP contribution in [0.3, 0.4) is 0 Å². The molecule has 2 aromatic rings. The van der Waals surface area contributed by atoms with E-state index in [2.05, 4.69) is 11.1 Å². The average molecular weight is 331 g/mol. The number of halogens is 1. The molecule has 0 saturated carbocycles. The predicted octanol–water partition coefficient (Wildman–Crippen LogP) is 4.03. The van der Waals surface area contributed by atoms with Gasteiger partial charge in [-0.2, -0.15) is 5.26 Å². The van der Waals surface area contributed by atoms with Crippen molar-refractivity contribution in [3.63, 3.8) is 0 Å². The van der Waals surface area contributed by atoms with Crippen molar-refractivity contribution >= 4 is 23.1 Å².